The van der Waals surface area contributed by atoms with Gasteiger partial charge in [-0.2, -0.15) is 0 Å². The quantitative estimate of drug-likeness (QED) is 0.703. The van der Waals surface area contributed by atoms with Crippen molar-refractivity contribution in [1.29, 1.82) is 0 Å². The van der Waals surface area contributed by atoms with Gasteiger partial charge in [0.25, 0.3) is 5.91 Å². The van der Waals surface area contributed by atoms with Crippen LogP contribution < -0.4 is 10.6 Å². The first-order valence-corrected chi connectivity index (χ1v) is 5.45. The smallest absolute Gasteiger partial charge is 0.251 e. The molecule has 1 aromatic rings. The Kier molecular flexibility index (Phi) is 3.10. The standard InChI is InChI=1S/C12H14N2O3/c1-7(15)6-13-12(17)9-3-2-8-5-11(16)14-10(8)4-9/h2-4,7,15H,5-6H2,1H3,(H,13,17)(H,14,16)/t7-/m1/s1. The zero-order valence-electron chi connectivity index (χ0n) is 9.49. The molecule has 0 spiro atoms. The van der Waals surface area contributed by atoms with Gasteiger partial charge in [0.15, 0.2) is 0 Å². The monoisotopic (exact) mass is 234 g/mol. The van der Waals surface area contributed by atoms with E-state index in [4.69, 9.17) is 5.11 Å². The number of carbonyl (C=O) groups is 2. The fraction of sp³-hybridized carbons (Fsp3) is 0.333. The van der Waals surface area contributed by atoms with Crippen molar-refractivity contribution in [3.05, 3.63) is 29.3 Å². The summed E-state index contributed by atoms with van der Waals surface area (Å²) in [4.78, 5) is 22.8. The average Bonchev–Trinajstić information content (AvgIpc) is 2.64. The number of benzene rings is 1. The molecule has 2 amide bonds. The molecule has 1 heterocycles. The third-order valence-corrected chi connectivity index (χ3v) is 2.56. The Hall–Kier alpha value is -1.88. The molecule has 5 nitrogen and oxygen atoms in total. The molecule has 90 valence electrons. The maximum atomic E-state index is 11.7. The highest BCUT2D eigenvalue weighted by molar-refractivity contribution is 6.02. The molecule has 1 aromatic carbocycles. The number of anilines is 1. The van der Waals surface area contributed by atoms with Crippen molar-refractivity contribution in [3.63, 3.8) is 0 Å². The number of carbonyl (C=O) groups excluding carboxylic acids is 2. The van der Waals surface area contributed by atoms with Crippen LogP contribution in [0.25, 0.3) is 0 Å². The maximum Gasteiger partial charge on any atom is 0.251 e. The minimum Gasteiger partial charge on any atom is -0.392 e. The molecular weight excluding hydrogens is 220 g/mol. The lowest BCUT2D eigenvalue weighted by molar-refractivity contribution is -0.115. The highest BCUT2D eigenvalue weighted by atomic mass is 16.3. The highest BCUT2D eigenvalue weighted by Crippen LogP contribution is 2.23. The van der Waals surface area contributed by atoms with Crippen molar-refractivity contribution in [2.24, 2.45) is 0 Å². The van der Waals surface area contributed by atoms with E-state index in [0.717, 1.165) is 5.56 Å². The topological polar surface area (TPSA) is 78.4 Å². The number of amides is 2. The van der Waals surface area contributed by atoms with Crippen molar-refractivity contribution in [2.75, 3.05) is 11.9 Å². The van der Waals surface area contributed by atoms with Gasteiger partial charge in [-0.25, -0.2) is 0 Å². The molecule has 0 unspecified atom stereocenters. The van der Waals surface area contributed by atoms with Crippen molar-refractivity contribution >= 4 is 17.5 Å². The summed E-state index contributed by atoms with van der Waals surface area (Å²) in [6.07, 6.45) is -0.210. The molecule has 17 heavy (non-hydrogen) atoms. The number of hydrogen-bond acceptors (Lipinski definition) is 3. The van der Waals surface area contributed by atoms with Gasteiger partial charge in [-0.1, -0.05) is 6.07 Å². The Balaban J connectivity index is 2.10. The van der Waals surface area contributed by atoms with Crippen LogP contribution in [0.5, 0.6) is 0 Å². The minimum absolute atomic E-state index is 0.0541. The normalized spacial score (nSPS) is 15.1. The number of aliphatic hydroxyl groups excluding tert-OH is 1. The number of rotatable bonds is 3. The van der Waals surface area contributed by atoms with E-state index in [2.05, 4.69) is 10.6 Å². The molecule has 0 bridgehead atoms. The molecule has 0 radical (unpaired) electrons. The van der Waals surface area contributed by atoms with Gasteiger partial charge in [-0.15, -0.1) is 0 Å². The second-order valence-electron chi connectivity index (χ2n) is 4.16. The SMILES string of the molecule is C[C@@H](O)CNC(=O)c1ccc2c(c1)NC(=O)C2. The van der Waals surface area contributed by atoms with Gasteiger partial charge < -0.3 is 15.7 Å². The minimum atomic E-state index is -0.576. The first kappa shape index (κ1) is 11.6. The zero-order chi connectivity index (χ0) is 12.4. The van der Waals surface area contributed by atoms with Crippen LogP contribution in [0, 0.1) is 0 Å². The van der Waals surface area contributed by atoms with Gasteiger partial charge in [0.05, 0.1) is 12.5 Å². The molecule has 1 aliphatic heterocycles. The summed E-state index contributed by atoms with van der Waals surface area (Å²) < 4.78 is 0. The van der Waals surface area contributed by atoms with Crippen LogP contribution in [0.4, 0.5) is 5.69 Å². The summed E-state index contributed by atoms with van der Waals surface area (Å²) in [5.74, 6) is -0.309. The van der Waals surface area contributed by atoms with Crippen LogP contribution in [0.15, 0.2) is 18.2 Å². The summed E-state index contributed by atoms with van der Waals surface area (Å²) in [6, 6.07) is 5.10. The maximum absolute atomic E-state index is 11.7. The fourth-order valence-corrected chi connectivity index (χ4v) is 1.70. The number of aliphatic hydroxyl groups is 1. The van der Waals surface area contributed by atoms with E-state index in [0.29, 0.717) is 17.7 Å². The van der Waals surface area contributed by atoms with Gasteiger partial charge >= 0.3 is 0 Å². The van der Waals surface area contributed by atoms with Crippen LogP contribution in [-0.2, 0) is 11.2 Å². The van der Waals surface area contributed by atoms with Crippen LogP contribution in [0.3, 0.4) is 0 Å². The van der Waals surface area contributed by atoms with Gasteiger partial charge in [0, 0.05) is 17.8 Å². The summed E-state index contributed by atoms with van der Waals surface area (Å²) in [5.41, 5.74) is 2.08. The Morgan fingerprint density at radius 3 is 3.06 bits per heavy atom. The van der Waals surface area contributed by atoms with E-state index in [9.17, 15) is 9.59 Å². The number of nitrogens with one attached hydrogen (secondary N) is 2. The second-order valence-corrected chi connectivity index (χ2v) is 4.16. The van der Waals surface area contributed by atoms with Crippen molar-refractivity contribution in [2.45, 2.75) is 19.4 Å². The first-order chi connectivity index (χ1) is 8.06. The molecule has 0 aromatic heterocycles. The van der Waals surface area contributed by atoms with Crippen LogP contribution in [-0.4, -0.2) is 29.6 Å². The average molecular weight is 234 g/mol. The van der Waals surface area contributed by atoms with Crippen LogP contribution >= 0.6 is 0 Å². The number of hydrogen-bond donors (Lipinski definition) is 3. The van der Waals surface area contributed by atoms with Crippen molar-refractivity contribution in [3.8, 4) is 0 Å². The van der Waals surface area contributed by atoms with E-state index in [-0.39, 0.29) is 18.4 Å². The fourth-order valence-electron chi connectivity index (χ4n) is 1.70. The van der Waals surface area contributed by atoms with Gasteiger partial charge in [-0.3, -0.25) is 9.59 Å². The largest absolute Gasteiger partial charge is 0.392 e. The predicted octanol–water partition coefficient (Wildman–Crippen LogP) is 0.292. The molecule has 1 aliphatic rings. The van der Waals surface area contributed by atoms with Crippen molar-refractivity contribution in [1.82, 2.24) is 5.32 Å². The van der Waals surface area contributed by atoms with Crippen molar-refractivity contribution < 1.29 is 14.7 Å². The van der Waals surface area contributed by atoms with Crippen LogP contribution in [0.1, 0.15) is 22.8 Å². The molecule has 0 saturated heterocycles. The van der Waals surface area contributed by atoms with E-state index in [1.54, 1.807) is 25.1 Å². The molecule has 3 N–H and O–H groups in total. The lowest BCUT2D eigenvalue weighted by Crippen LogP contribution is -2.30. The third-order valence-electron chi connectivity index (χ3n) is 2.56. The first-order valence-electron chi connectivity index (χ1n) is 5.45. The van der Waals surface area contributed by atoms with E-state index < -0.39 is 6.10 Å². The summed E-state index contributed by atoms with van der Waals surface area (Å²) in [6.45, 7) is 1.81. The Labute approximate surface area is 98.8 Å². The van der Waals surface area contributed by atoms with Crippen LogP contribution in [0.2, 0.25) is 0 Å². The predicted molar refractivity (Wildman–Crippen MR) is 62.8 cm³/mol. The second kappa shape index (κ2) is 4.55. The van der Waals surface area contributed by atoms with Gasteiger partial charge in [0.2, 0.25) is 5.91 Å². The van der Waals surface area contributed by atoms with Gasteiger partial charge in [0.1, 0.15) is 0 Å². The Morgan fingerprint density at radius 1 is 1.59 bits per heavy atom. The lowest BCUT2D eigenvalue weighted by Gasteiger charge is -2.08. The molecule has 0 saturated carbocycles. The summed E-state index contributed by atoms with van der Waals surface area (Å²) >= 11 is 0. The van der Waals surface area contributed by atoms with E-state index in [1.165, 1.54) is 0 Å². The summed E-state index contributed by atoms with van der Waals surface area (Å²) in [7, 11) is 0. The number of fused-ring (bicyclic) bond motifs is 1. The molecule has 2 rings (SSSR count). The van der Waals surface area contributed by atoms with Gasteiger partial charge in [-0.05, 0) is 24.6 Å². The molecule has 1 atom stereocenters. The summed E-state index contributed by atoms with van der Waals surface area (Å²) in [5, 5.41) is 14.4. The third kappa shape index (κ3) is 2.62. The molecule has 0 fully saturated rings. The highest BCUT2D eigenvalue weighted by Gasteiger charge is 2.18. The lowest BCUT2D eigenvalue weighted by atomic mass is 10.1. The molecular formula is C12H14N2O3. The van der Waals surface area contributed by atoms with E-state index >= 15 is 0 Å². The van der Waals surface area contributed by atoms with E-state index in [1.807, 2.05) is 0 Å². The zero-order valence-corrected chi connectivity index (χ0v) is 9.49. The Bertz CT molecular complexity index is 469. The molecule has 0 aliphatic carbocycles. The Morgan fingerprint density at radius 2 is 2.35 bits per heavy atom. The molecule has 5 heteroatoms.